The fourth-order valence-corrected chi connectivity index (χ4v) is 1.66. The van der Waals surface area contributed by atoms with Crippen molar-refractivity contribution in [2.45, 2.75) is 6.10 Å². The number of carbonyl (C=O) groups excluding carboxylic acids is 1. The van der Waals surface area contributed by atoms with Crippen molar-refractivity contribution in [1.29, 1.82) is 0 Å². The normalized spacial score (nSPS) is 12.1. The number of pyridine rings is 2. The predicted molar refractivity (Wildman–Crippen MR) is 71.6 cm³/mol. The summed E-state index contributed by atoms with van der Waals surface area (Å²) in [6.45, 7) is 0.351. The molecule has 0 spiro atoms. The first-order valence-corrected chi connectivity index (χ1v) is 5.81. The highest BCUT2D eigenvalue weighted by atomic mass is 16.3. The Hall–Kier alpha value is -2.41. The fraction of sp³-hybridized carbons (Fsp3) is 0.250. The molecule has 2 aromatic rings. The van der Waals surface area contributed by atoms with Gasteiger partial charge in [0.2, 0.25) is 0 Å². The van der Waals surface area contributed by atoms with Gasteiger partial charge in [-0.15, -0.1) is 0 Å². The van der Waals surface area contributed by atoms with Gasteiger partial charge in [0.25, 0.3) is 0 Å². The molecule has 5 N–H and O–H groups in total. The van der Waals surface area contributed by atoms with E-state index in [1.54, 1.807) is 18.6 Å². The lowest BCUT2D eigenvalue weighted by molar-refractivity contribution is 0.183. The zero-order chi connectivity index (χ0) is 13.7. The Bertz CT molecular complexity index is 570. The highest BCUT2D eigenvalue weighted by Gasteiger charge is 2.07. The predicted octanol–water partition coefficient (Wildman–Crippen LogP) is 0.0709. The Labute approximate surface area is 109 Å². The number of primary amides is 1. The molecule has 0 aromatic carbocycles. The van der Waals surface area contributed by atoms with Crippen molar-refractivity contribution in [2.24, 2.45) is 5.73 Å². The molecule has 0 saturated carbocycles. The molecule has 0 saturated heterocycles. The lowest BCUT2D eigenvalue weighted by Crippen LogP contribution is -2.38. The summed E-state index contributed by atoms with van der Waals surface area (Å²) in [6, 6.07) is 3.05. The van der Waals surface area contributed by atoms with Crippen LogP contribution in [-0.2, 0) is 0 Å². The summed E-state index contributed by atoms with van der Waals surface area (Å²) < 4.78 is 0. The molecule has 19 heavy (non-hydrogen) atoms. The molecule has 1 unspecified atom stereocenters. The first kappa shape index (κ1) is 13.0. The molecule has 2 amide bonds. The van der Waals surface area contributed by atoms with Gasteiger partial charge in [-0.25, -0.2) is 9.78 Å². The average Bonchev–Trinajstić information content (AvgIpc) is 2.42. The van der Waals surface area contributed by atoms with Gasteiger partial charge in [-0.3, -0.25) is 4.98 Å². The summed E-state index contributed by atoms with van der Waals surface area (Å²) in [4.78, 5) is 18.8. The van der Waals surface area contributed by atoms with E-state index in [4.69, 9.17) is 5.73 Å². The van der Waals surface area contributed by atoms with Gasteiger partial charge >= 0.3 is 6.03 Å². The molecule has 0 radical (unpaired) electrons. The van der Waals surface area contributed by atoms with Gasteiger partial charge in [0, 0.05) is 42.5 Å². The van der Waals surface area contributed by atoms with E-state index in [2.05, 4.69) is 20.6 Å². The molecular weight excluding hydrogens is 246 g/mol. The summed E-state index contributed by atoms with van der Waals surface area (Å²) in [5.74, 6) is 0.665. The molecule has 2 rings (SSSR count). The number of nitrogens with zero attached hydrogens (tertiary/aromatic N) is 2. The van der Waals surface area contributed by atoms with E-state index < -0.39 is 12.1 Å². The zero-order valence-corrected chi connectivity index (χ0v) is 10.2. The Morgan fingerprint density at radius 3 is 3.00 bits per heavy atom. The van der Waals surface area contributed by atoms with E-state index >= 15 is 0 Å². The summed E-state index contributed by atoms with van der Waals surface area (Å²) in [5.41, 5.74) is 4.92. The minimum Gasteiger partial charge on any atom is -0.389 e. The van der Waals surface area contributed by atoms with Gasteiger partial charge in [0.1, 0.15) is 5.82 Å². The van der Waals surface area contributed by atoms with Gasteiger partial charge in [-0.05, 0) is 12.1 Å². The molecule has 0 bridgehead atoms. The first-order chi connectivity index (χ1) is 9.16. The molecule has 1 atom stereocenters. The van der Waals surface area contributed by atoms with Gasteiger partial charge < -0.3 is 21.5 Å². The van der Waals surface area contributed by atoms with Crippen molar-refractivity contribution in [1.82, 2.24) is 15.3 Å². The summed E-state index contributed by atoms with van der Waals surface area (Å²) in [5, 5.41) is 16.9. The number of aliphatic hydroxyl groups is 1. The second-order valence-corrected chi connectivity index (χ2v) is 4.04. The lowest BCUT2D eigenvalue weighted by atomic mass is 10.2. The highest BCUT2D eigenvalue weighted by Crippen LogP contribution is 2.19. The highest BCUT2D eigenvalue weighted by molar-refractivity contribution is 5.90. The number of aliphatic hydroxyl groups excluding tert-OH is 1. The van der Waals surface area contributed by atoms with E-state index in [1.165, 1.54) is 0 Å². The molecular formula is C12H15N5O2. The Morgan fingerprint density at radius 2 is 2.21 bits per heavy atom. The van der Waals surface area contributed by atoms with Crippen molar-refractivity contribution >= 4 is 22.6 Å². The Morgan fingerprint density at radius 1 is 1.37 bits per heavy atom. The van der Waals surface area contributed by atoms with Crippen LogP contribution in [0.3, 0.4) is 0 Å². The quantitative estimate of drug-likeness (QED) is 0.608. The van der Waals surface area contributed by atoms with Crippen LogP contribution >= 0.6 is 0 Å². The van der Waals surface area contributed by atoms with Crippen molar-refractivity contribution in [3.8, 4) is 0 Å². The van der Waals surface area contributed by atoms with Crippen LogP contribution in [-0.4, -0.2) is 40.3 Å². The van der Waals surface area contributed by atoms with Crippen molar-refractivity contribution < 1.29 is 9.90 Å². The Balaban J connectivity index is 2.00. The summed E-state index contributed by atoms with van der Waals surface area (Å²) >= 11 is 0. The van der Waals surface area contributed by atoms with E-state index in [0.717, 1.165) is 10.8 Å². The fourth-order valence-electron chi connectivity index (χ4n) is 1.66. The molecule has 0 aliphatic heterocycles. The molecule has 0 aliphatic carbocycles. The lowest BCUT2D eigenvalue weighted by Gasteiger charge is -2.13. The number of nitrogens with one attached hydrogen (secondary N) is 2. The largest absolute Gasteiger partial charge is 0.389 e. The second kappa shape index (κ2) is 5.96. The van der Waals surface area contributed by atoms with Crippen LogP contribution in [0.25, 0.3) is 10.8 Å². The molecule has 7 nitrogen and oxygen atoms in total. The van der Waals surface area contributed by atoms with Crippen LogP contribution in [0.4, 0.5) is 10.6 Å². The van der Waals surface area contributed by atoms with E-state index in [1.807, 2.05) is 12.1 Å². The smallest absolute Gasteiger partial charge is 0.312 e. The number of fused-ring (bicyclic) bond motifs is 1. The monoisotopic (exact) mass is 261 g/mol. The standard InChI is InChI=1S/C12H15N5O2/c13-12(19)17-7-9(18)6-16-11-10-2-3-14-5-8(10)1-4-15-11/h1-5,9,18H,6-7H2,(H,15,16)(H3,13,17,19). The number of aromatic nitrogens is 2. The topological polar surface area (TPSA) is 113 Å². The number of hydrogen-bond acceptors (Lipinski definition) is 5. The number of carbonyl (C=O) groups is 1. The van der Waals surface area contributed by atoms with Crippen LogP contribution in [0.5, 0.6) is 0 Å². The van der Waals surface area contributed by atoms with Crippen molar-refractivity contribution in [2.75, 3.05) is 18.4 Å². The van der Waals surface area contributed by atoms with Crippen molar-refractivity contribution in [3.05, 3.63) is 30.7 Å². The molecule has 2 aromatic heterocycles. The molecule has 2 heterocycles. The minimum atomic E-state index is -0.744. The summed E-state index contributed by atoms with van der Waals surface area (Å²) in [7, 11) is 0. The number of urea groups is 1. The van der Waals surface area contributed by atoms with E-state index in [-0.39, 0.29) is 13.1 Å². The first-order valence-electron chi connectivity index (χ1n) is 5.81. The van der Waals surface area contributed by atoms with Crippen LogP contribution in [0, 0.1) is 0 Å². The van der Waals surface area contributed by atoms with E-state index in [9.17, 15) is 9.90 Å². The van der Waals surface area contributed by atoms with Gasteiger partial charge in [-0.2, -0.15) is 0 Å². The zero-order valence-electron chi connectivity index (χ0n) is 10.2. The third kappa shape index (κ3) is 3.52. The van der Waals surface area contributed by atoms with Gasteiger partial charge in [0.05, 0.1) is 6.10 Å². The maximum atomic E-state index is 10.5. The SMILES string of the molecule is NC(=O)NCC(O)CNc1nccc2cnccc12. The van der Waals surface area contributed by atoms with Gasteiger partial charge in [-0.1, -0.05) is 0 Å². The maximum Gasteiger partial charge on any atom is 0.312 e. The second-order valence-electron chi connectivity index (χ2n) is 4.04. The van der Waals surface area contributed by atoms with Crippen LogP contribution in [0.2, 0.25) is 0 Å². The molecule has 100 valence electrons. The minimum absolute atomic E-state index is 0.0919. The van der Waals surface area contributed by atoms with Crippen LogP contribution in [0.15, 0.2) is 30.7 Å². The maximum absolute atomic E-state index is 10.5. The van der Waals surface area contributed by atoms with E-state index in [0.29, 0.717) is 5.82 Å². The summed E-state index contributed by atoms with van der Waals surface area (Å²) in [6.07, 6.45) is 4.35. The number of amides is 2. The molecule has 7 heteroatoms. The number of rotatable bonds is 5. The Kier molecular flexibility index (Phi) is 4.09. The van der Waals surface area contributed by atoms with Gasteiger partial charge in [0.15, 0.2) is 0 Å². The number of hydrogen-bond donors (Lipinski definition) is 4. The van der Waals surface area contributed by atoms with Crippen molar-refractivity contribution in [3.63, 3.8) is 0 Å². The molecule has 0 fully saturated rings. The number of nitrogens with two attached hydrogens (primary N) is 1. The third-order valence-corrected chi connectivity index (χ3v) is 2.58. The molecule has 0 aliphatic rings. The van der Waals surface area contributed by atoms with Crippen LogP contribution in [0.1, 0.15) is 0 Å². The van der Waals surface area contributed by atoms with Crippen LogP contribution < -0.4 is 16.4 Å². The third-order valence-electron chi connectivity index (χ3n) is 2.58. The average molecular weight is 261 g/mol. The number of anilines is 1.